The third kappa shape index (κ3) is 8.97. The summed E-state index contributed by atoms with van der Waals surface area (Å²) in [6.07, 6.45) is 3.77. The van der Waals surface area contributed by atoms with Gasteiger partial charge in [-0.2, -0.15) is 11.8 Å². The molecule has 2 heterocycles. The van der Waals surface area contributed by atoms with Crippen molar-refractivity contribution < 1.29 is 29.0 Å². The van der Waals surface area contributed by atoms with Crippen molar-refractivity contribution in [2.45, 2.75) is 74.9 Å². The average Bonchev–Trinajstić information content (AvgIpc) is 3.39. The molecule has 0 unspecified atom stereocenters. The van der Waals surface area contributed by atoms with Gasteiger partial charge in [-0.3, -0.25) is 4.79 Å². The molecular formula is C24H34N4O6S. The highest BCUT2D eigenvalue weighted by Gasteiger charge is 2.42. The second-order valence-electron chi connectivity index (χ2n) is 8.81. The molecule has 3 rings (SSSR count). The number of thioether (sulfide) groups is 1. The van der Waals surface area contributed by atoms with Crippen molar-refractivity contribution in [1.29, 1.82) is 0 Å². The van der Waals surface area contributed by atoms with Crippen LogP contribution in [0.25, 0.3) is 0 Å². The number of carboxylic acid groups (broad SMARTS) is 1. The number of aliphatic carboxylic acids is 1. The molecule has 1 aromatic carbocycles. The van der Waals surface area contributed by atoms with Gasteiger partial charge in [0.2, 0.25) is 5.91 Å². The SMILES string of the molecule is O=C1N[C@H]2[C@H](CS[C@H]2CCCCC(=O)[15NH][13CH2][13CH2][13CH2][13CH2][13C@H]([15NH]C(=O)OCc2ccccc2)[13C](=O)O)N1. The quantitative estimate of drug-likeness (QED) is 0.111. The maximum Gasteiger partial charge on any atom is 0.408 e. The largest absolute Gasteiger partial charge is 0.480 e. The summed E-state index contributed by atoms with van der Waals surface area (Å²) in [7, 11) is 0. The van der Waals surface area contributed by atoms with E-state index in [1.54, 1.807) is 0 Å². The lowest BCUT2D eigenvalue weighted by molar-refractivity contribution is -0.139. The molecule has 0 aromatic heterocycles. The van der Waals surface area contributed by atoms with E-state index in [4.69, 9.17) is 4.74 Å². The number of hydrogen-bond donors (Lipinski definition) is 5. The van der Waals surface area contributed by atoms with E-state index in [0.717, 1.165) is 30.6 Å². The van der Waals surface area contributed by atoms with Gasteiger partial charge in [-0.25, -0.2) is 14.4 Å². The Balaban J connectivity index is 1.21. The zero-order chi connectivity index (χ0) is 25.0. The van der Waals surface area contributed by atoms with Gasteiger partial charge < -0.3 is 31.1 Å². The fourth-order valence-corrected chi connectivity index (χ4v) is 5.77. The minimum Gasteiger partial charge on any atom is -0.480 e. The molecule has 35 heavy (non-hydrogen) atoms. The predicted octanol–water partition coefficient (Wildman–Crippen LogP) is 2.38. The van der Waals surface area contributed by atoms with Crippen molar-refractivity contribution in [3.05, 3.63) is 35.9 Å². The van der Waals surface area contributed by atoms with Crippen LogP contribution in [-0.4, -0.2) is 64.8 Å². The molecule has 2 saturated heterocycles. The fraction of sp³-hybridized carbons (Fsp3) is 0.583. The van der Waals surface area contributed by atoms with E-state index in [-0.39, 0.29) is 37.0 Å². The maximum atomic E-state index is 12.1. The third-order valence-corrected chi connectivity index (χ3v) is 7.63. The number of fused-ring (bicyclic) bond motifs is 1. The number of urea groups is 1. The standard InChI is InChI=1S/C24H34N4O6S/c29-20(12-5-4-11-19-21-18(15-35-19)26-23(32)28-21)25-13-7-6-10-17(22(30)31)27-24(33)34-14-16-8-2-1-3-9-16/h1-3,8-9,17-19,21H,4-7,10-15H2,(H,25,29)(H,27,33)(H,30,31)(H2,26,28,32)/t17-,18-,19-,21-/m0/s1/i6+1,7+1,10+1,13+1,17+1,22+1,25+1,27+1. The van der Waals surface area contributed by atoms with E-state index in [1.165, 1.54) is 0 Å². The Kier molecular flexibility index (Phi) is 10.5. The number of unbranched alkanes of at least 4 members (excludes halogenated alkanes) is 2. The lowest BCUT2D eigenvalue weighted by Gasteiger charge is -2.16. The van der Waals surface area contributed by atoms with Crippen molar-refractivity contribution in [3.63, 3.8) is 0 Å². The summed E-state index contributed by atoms with van der Waals surface area (Å²) in [5.74, 6) is -0.206. The van der Waals surface area contributed by atoms with Crippen LogP contribution in [0.1, 0.15) is 50.5 Å². The second kappa shape index (κ2) is 13.8. The molecule has 2 aliphatic rings. The summed E-state index contributed by atoms with van der Waals surface area (Å²) in [5, 5.41) is 20.9. The van der Waals surface area contributed by atoms with Crippen LogP contribution in [0.4, 0.5) is 9.59 Å². The van der Waals surface area contributed by atoms with E-state index in [1.807, 2.05) is 42.1 Å². The normalized spacial score (nSPS) is 21.4. The molecule has 0 radical (unpaired) electrons. The van der Waals surface area contributed by atoms with E-state index in [9.17, 15) is 24.3 Å². The molecule has 0 aliphatic carbocycles. The number of alkyl carbamates (subject to hydrolysis) is 1. The summed E-state index contributed by atoms with van der Waals surface area (Å²) in [6.45, 7) is 0.531. The number of carbonyl (C=O) groups excluding carboxylic acids is 3. The van der Waals surface area contributed by atoms with E-state index in [2.05, 4.69) is 21.3 Å². The molecule has 4 amide bonds. The Morgan fingerprint density at radius 1 is 1.11 bits per heavy atom. The topological polar surface area (TPSA) is 146 Å². The van der Waals surface area contributed by atoms with Crippen LogP contribution in [-0.2, 0) is 20.9 Å². The number of hydrogen-bond acceptors (Lipinski definition) is 6. The Hall–Kier alpha value is -2.95. The molecule has 11 heteroatoms. The highest BCUT2D eigenvalue weighted by Crippen LogP contribution is 2.33. The average molecular weight is 515 g/mol. The molecule has 0 spiro atoms. The van der Waals surface area contributed by atoms with Gasteiger partial charge in [0, 0.05) is 24.0 Å². The second-order valence-corrected chi connectivity index (χ2v) is 10.1. The van der Waals surface area contributed by atoms with Gasteiger partial charge in [-0.05, 0) is 37.7 Å². The number of rotatable bonds is 14. The molecular weight excluding hydrogens is 480 g/mol. The van der Waals surface area contributed by atoms with Gasteiger partial charge in [0.05, 0.1) is 12.1 Å². The highest BCUT2D eigenvalue weighted by molar-refractivity contribution is 8.00. The molecule has 0 saturated carbocycles. The first-order valence-corrected chi connectivity index (χ1v) is 13.1. The van der Waals surface area contributed by atoms with Gasteiger partial charge in [-0.1, -0.05) is 36.8 Å². The fourth-order valence-electron chi connectivity index (χ4n) is 4.23. The zero-order valence-electron chi connectivity index (χ0n) is 19.7. The highest BCUT2D eigenvalue weighted by atomic mass is 32.2. The Bertz CT molecular complexity index is 871. The number of carbonyl (C=O) groups is 4. The number of nitrogens with one attached hydrogen (secondary N) is 4. The molecule has 2 fully saturated rings. The first-order chi connectivity index (χ1) is 16.9. The van der Waals surface area contributed by atoms with Crippen molar-refractivity contribution in [3.8, 4) is 0 Å². The van der Waals surface area contributed by atoms with Gasteiger partial charge in [0.25, 0.3) is 0 Å². The van der Waals surface area contributed by atoms with Crippen LogP contribution in [0.5, 0.6) is 0 Å². The number of benzene rings is 1. The van der Waals surface area contributed by atoms with Gasteiger partial charge >= 0.3 is 18.1 Å². The lowest BCUT2D eigenvalue weighted by Crippen LogP contribution is -2.41. The van der Waals surface area contributed by atoms with E-state index >= 15 is 0 Å². The number of carboxylic acids is 1. The van der Waals surface area contributed by atoms with E-state index < -0.39 is 18.1 Å². The summed E-state index contributed by atoms with van der Waals surface area (Å²) in [6, 6.07) is 8.42. The molecule has 10 nitrogen and oxygen atoms in total. The van der Waals surface area contributed by atoms with Crippen LogP contribution in [0.3, 0.4) is 0 Å². The summed E-state index contributed by atoms with van der Waals surface area (Å²) in [4.78, 5) is 46.8. The summed E-state index contributed by atoms with van der Waals surface area (Å²) >= 11 is 1.87. The van der Waals surface area contributed by atoms with Crippen molar-refractivity contribution in [1.82, 2.24) is 21.3 Å². The molecule has 0 bridgehead atoms. The molecule has 2 aliphatic heterocycles. The maximum absolute atomic E-state index is 12.1. The first-order valence-electron chi connectivity index (χ1n) is 12.1. The first kappa shape index (κ1) is 26.7. The monoisotopic (exact) mass is 514 g/mol. The third-order valence-electron chi connectivity index (χ3n) is 6.13. The zero-order valence-corrected chi connectivity index (χ0v) is 20.5. The lowest BCUT2D eigenvalue weighted by atomic mass is 10.0. The Morgan fingerprint density at radius 2 is 1.91 bits per heavy atom. The smallest absolute Gasteiger partial charge is 0.408 e. The van der Waals surface area contributed by atoms with Crippen LogP contribution < -0.4 is 21.3 Å². The minimum atomic E-state index is -1.12. The van der Waals surface area contributed by atoms with Gasteiger partial charge in [-0.15, -0.1) is 0 Å². The molecule has 1 aromatic rings. The van der Waals surface area contributed by atoms with Crippen molar-refractivity contribution in [2.24, 2.45) is 0 Å². The molecule has 192 valence electrons. The van der Waals surface area contributed by atoms with Crippen LogP contribution >= 0.6 is 11.8 Å². The van der Waals surface area contributed by atoms with E-state index in [0.29, 0.717) is 31.1 Å². The summed E-state index contributed by atoms with van der Waals surface area (Å²) < 4.78 is 5.08. The number of amides is 4. The van der Waals surface area contributed by atoms with Crippen LogP contribution in [0, 0.1) is 0 Å². The van der Waals surface area contributed by atoms with Crippen LogP contribution in [0.15, 0.2) is 30.3 Å². The molecule has 5 N–H and O–H groups in total. The summed E-state index contributed by atoms with van der Waals surface area (Å²) in [5.41, 5.74) is 0.816. The number of ether oxygens (including phenoxy) is 1. The van der Waals surface area contributed by atoms with Gasteiger partial charge in [0.15, 0.2) is 0 Å². The van der Waals surface area contributed by atoms with Gasteiger partial charge in [0.1, 0.15) is 12.6 Å². The Morgan fingerprint density at radius 3 is 2.69 bits per heavy atom. The predicted molar refractivity (Wildman–Crippen MR) is 132 cm³/mol. The van der Waals surface area contributed by atoms with Crippen molar-refractivity contribution in [2.75, 3.05) is 12.3 Å². The molecule has 4 atom stereocenters. The minimum absolute atomic E-state index is 0.0183. The Labute approximate surface area is 209 Å². The van der Waals surface area contributed by atoms with Crippen LogP contribution in [0.2, 0.25) is 0 Å². The van der Waals surface area contributed by atoms with Crippen molar-refractivity contribution >= 4 is 35.8 Å².